The van der Waals surface area contributed by atoms with Gasteiger partial charge in [0, 0.05) is 5.41 Å². The summed E-state index contributed by atoms with van der Waals surface area (Å²) in [6.07, 6.45) is 2.22. The molecule has 0 saturated heterocycles. The minimum atomic E-state index is -1.23. The van der Waals surface area contributed by atoms with Crippen LogP contribution in [0.25, 0.3) is 0 Å². The van der Waals surface area contributed by atoms with Crippen LogP contribution in [0.15, 0.2) is 90.0 Å². The van der Waals surface area contributed by atoms with Crippen LogP contribution in [0.3, 0.4) is 0 Å². The van der Waals surface area contributed by atoms with Gasteiger partial charge < -0.3 is 9.90 Å². The van der Waals surface area contributed by atoms with Crippen LogP contribution in [0.1, 0.15) is 33.5 Å². The number of nitrogens with one attached hydrogen (secondary N) is 1. The molecule has 1 N–H and O–H groups in total. The Morgan fingerprint density at radius 2 is 1.45 bits per heavy atom. The van der Waals surface area contributed by atoms with E-state index in [-0.39, 0.29) is 22.8 Å². The largest absolute Gasteiger partial charge is 0.545 e. The number of rotatable bonds is 6. The maximum absolute atomic E-state index is 12.8. The molecule has 0 radical (unpaired) electrons. The Kier molecular flexibility index (Phi) is 4.96. The Morgan fingerprint density at radius 1 is 0.897 bits per heavy atom. The van der Waals surface area contributed by atoms with Gasteiger partial charge in [0.25, 0.3) is 0 Å². The van der Waals surface area contributed by atoms with Crippen molar-refractivity contribution in [3.8, 4) is 0 Å². The summed E-state index contributed by atoms with van der Waals surface area (Å²) in [5.74, 6) is -1.57. The Hall–Kier alpha value is -3.73. The lowest BCUT2D eigenvalue weighted by Gasteiger charge is -2.18. The number of carbonyl (C=O) groups excluding carboxylic acids is 2. The SMILES string of the molecule is O=C([O-])c1ccc(/C=N\NC(=O)[C@@H]2CC2(c2ccccc2)c2ccccc2)cc1. The lowest BCUT2D eigenvalue weighted by Crippen LogP contribution is -2.25. The summed E-state index contributed by atoms with van der Waals surface area (Å²) >= 11 is 0. The van der Waals surface area contributed by atoms with Crippen LogP contribution >= 0.6 is 0 Å². The monoisotopic (exact) mass is 383 g/mol. The molecule has 0 aromatic heterocycles. The smallest absolute Gasteiger partial charge is 0.244 e. The molecule has 1 saturated carbocycles. The third-order valence-electron chi connectivity index (χ3n) is 5.39. The molecule has 0 unspecified atom stereocenters. The second-order valence-electron chi connectivity index (χ2n) is 7.10. The summed E-state index contributed by atoms with van der Waals surface area (Å²) in [5.41, 5.74) is 5.31. The fourth-order valence-corrected chi connectivity index (χ4v) is 3.81. The van der Waals surface area contributed by atoms with Crippen LogP contribution in [0, 0.1) is 5.92 Å². The van der Waals surface area contributed by atoms with Crippen LogP contribution in [0.2, 0.25) is 0 Å². The fraction of sp³-hybridized carbons (Fsp3) is 0.125. The Balaban J connectivity index is 1.49. The molecule has 0 spiro atoms. The first-order valence-corrected chi connectivity index (χ1v) is 9.36. The first kappa shape index (κ1) is 18.6. The van der Waals surface area contributed by atoms with Crippen LogP contribution in [-0.4, -0.2) is 18.1 Å². The Bertz CT molecular complexity index is 1010. The van der Waals surface area contributed by atoms with Gasteiger partial charge in [0.15, 0.2) is 0 Å². The molecule has 0 heterocycles. The summed E-state index contributed by atoms with van der Waals surface area (Å²) in [6, 6.07) is 26.2. The van der Waals surface area contributed by atoms with Crippen molar-refractivity contribution in [2.75, 3.05) is 0 Å². The van der Waals surface area contributed by atoms with Crippen molar-refractivity contribution in [1.82, 2.24) is 5.43 Å². The maximum Gasteiger partial charge on any atom is 0.244 e. The second-order valence-corrected chi connectivity index (χ2v) is 7.10. The van der Waals surface area contributed by atoms with Crippen LogP contribution in [0.5, 0.6) is 0 Å². The number of carboxylic acids is 1. The highest BCUT2D eigenvalue weighted by Crippen LogP contribution is 2.58. The van der Waals surface area contributed by atoms with Crippen molar-refractivity contribution in [3.05, 3.63) is 107 Å². The van der Waals surface area contributed by atoms with E-state index in [0.29, 0.717) is 5.56 Å². The molecule has 3 aromatic carbocycles. The summed E-state index contributed by atoms with van der Waals surface area (Å²) in [7, 11) is 0. The first-order chi connectivity index (χ1) is 14.1. The Labute approximate surface area is 168 Å². The van der Waals surface area contributed by atoms with Crippen LogP contribution in [-0.2, 0) is 10.2 Å². The van der Waals surface area contributed by atoms with Gasteiger partial charge in [-0.3, -0.25) is 4.79 Å². The number of amides is 1. The molecule has 4 rings (SSSR count). The van der Waals surface area contributed by atoms with E-state index in [9.17, 15) is 14.7 Å². The van der Waals surface area contributed by atoms with Gasteiger partial charge in [-0.15, -0.1) is 0 Å². The van der Waals surface area contributed by atoms with E-state index in [1.807, 2.05) is 36.4 Å². The highest BCUT2D eigenvalue weighted by molar-refractivity contribution is 5.89. The fourth-order valence-electron chi connectivity index (χ4n) is 3.81. The molecule has 144 valence electrons. The van der Waals surface area contributed by atoms with E-state index >= 15 is 0 Å². The summed E-state index contributed by atoms with van der Waals surface area (Å²) in [4.78, 5) is 23.6. The summed E-state index contributed by atoms with van der Waals surface area (Å²) < 4.78 is 0. The molecular formula is C24H19N2O3-. The molecule has 29 heavy (non-hydrogen) atoms. The van der Waals surface area contributed by atoms with Crippen LogP contribution in [0.4, 0.5) is 0 Å². The predicted molar refractivity (Wildman–Crippen MR) is 108 cm³/mol. The Morgan fingerprint density at radius 3 is 1.97 bits per heavy atom. The predicted octanol–water partition coefficient (Wildman–Crippen LogP) is 2.51. The van der Waals surface area contributed by atoms with Gasteiger partial charge >= 0.3 is 0 Å². The van der Waals surface area contributed by atoms with Crippen molar-refractivity contribution < 1.29 is 14.7 Å². The molecule has 1 fully saturated rings. The van der Waals surface area contributed by atoms with E-state index in [1.165, 1.54) is 18.3 Å². The van der Waals surface area contributed by atoms with Crippen molar-refractivity contribution in [1.29, 1.82) is 0 Å². The third-order valence-corrected chi connectivity index (χ3v) is 5.39. The molecule has 5 nitrogen and oxygen atoms in total. The molecule has 1 atom stereocenters. The minimum Gasteiger partial charge on any atom is -0.545 e. The quantitative estimate of drug-likeness (QED) is 0.525. The van der Waals surface area contributed by atoms with Crippen LogP contribution < -0.4 is 10.5 Å². The number of nitrogens with zero attached hydrogens (tertiary/aromatic N) is 1. The zero-order chi connectivity index (χ0) is 20.3. The standard InChI is InChI=1S/C24H20N2O3/c27-22(26-25-16-17-11-13-18(14-12-17)23(28)29)21-15-24(21,19-7-3-1-4-8-19)20-9-5-2-6-10-20/h1-14,16,21H,15H2,(H,26,27)(H,28,29)/p-1/b25-16-/t21-/m0/s1. The molecule has 0 bridgehead atoms. The number of benzene rings is 3. The maximum atomic E-state index is 12.8. The van der Waals surface area contributed by atoms with Gasteiger partial charge in [0.05, 0.1) is 18.1 Å². The first-order valence-electron chi connectivity index (χ1n) is 9.36. The lowest BCUT2D eigenvalue weighted by molar-refractivity contribution is -0.255. The molecular weight excluding hydrogens is 364 g/mol. The van der Waals surface area contributed by atoms with Gasteiger partial charge in [-0.2, -0.15) is 5.10 Å². The van der Waals surface area contributed by atoms with Crippen molar-refractivity contribution in [2.24, 2.45) is 11.0 Å². The van der Waals surface area contributed by atoms with E-state index < -0.39 is 5.97 Å². The van der Waals surface area contributed by atoms with Gasteiger partial charge in [-0.1, -0.05) is 84.9 Å². The van der Waals surface area contributed by atoms with Gasteiger partial charge in [0.1, 0.15) is 0 Å². The zero-order valence-electron chi connectivity index (χ0n) is 15.6. The van der Waals surface area contributed by atoms with E-state index in [2.05, 4.69) is 34.8 Å². The number of hydrazone groups is 1. The minimum absolute atomic E-state index is 0.0969. The average molecular weight is 383 g/mol. The third kappa shape index (κ3) is 3.67. The topological polar surface area (TPSA) is 81.6 Å². The number of hydrogen-bond donors (Lipinski definition) is 1. The molecule has 1 aliphatic rings. The normalized spacial score (nSPS) is 17.0. The van der Waals surface area contributed by atoms with Gasteiger partial charge in [-0.25, -0.2) is 5.43 Å². The lowest BCUT2D eigenvalue weighted by atomic mass is 9.85. The number of aromatic carboxylic acids is 1. The average Bonchev–Trinajstić information content (AvgIpc) is 3.52. The van der Waals surface area contributed by atoms with E-state index in [4.69, 9.17) is 0 Å². The van der Waals surface area contributed by atoms with E-state index in [1.54, 1.807) is 12.1 Å². The number of hydrogen-bond acceptors (Lipinski definition) is 4. The molecule has 1 amide bonds. The van der Waals surface area contributed by atoms with Gasteiger partial charge in [-0.05, 0) is 28.7 Å². The van der Waals surface area contributed by atoms with Crippen molar-refractivity contribution >= 4 is 18.1 Å². The molecule has 5 heteroatoms. The number of carbonyl (C=O) groups is 2. The molecule has 1 aliphatic carbocycles. The molecule has 3 aromatic rings. The van der Waals surface area contributed by atoms with E-state index in [0.717, 1.165) is 17.5 Å². The van der Waals surface area contributed by atoms with Gasteiger partial charge in [0.2, 0.25) is 5.91 Å². The van der Waals surface area contributed by atoms with Crippen molar-refractivity contribution in [2.45, 2.75) is 11.8 Å². The zero-order valence-corrected chi connectivity index (χ0v) is 15.6. The highest BCUT2D eigenvalue weighted by atomic mass is 16.4. The highest BCUT2D eigenvalue weighted by Gasteiger charge is 2.60. The second kappa shape index (κ2) is 7.72. The number of carboxylic acid groups (broad SMARTS) is 1. The van der Waals surface area contributed by atoms with Crippen molar-refractivity contribution in [3.63, 3.8) is 0 Å². The molecule has 0 aliphatic heterocycles. The summed E-state index contributed by atoms with van der Waals surface area (Å²) in [6.45, 7) is 0. The summed E-state index contributed by atoms with van der Waals surface area (Å²) in [5, 5.41) is 14.8.